The maximum absolute atomic E-state index is 5.63. The van der Waals surface area contributed by atoms with E-state index in [-0.39, 0.29) is 12.0 Å². The van der Waals surface area contributed by atoms with Gasteiger partial charge in [0.25, 0.3) is 0 Å². The van der Waals surface area contributed by atoms with E-state index in [1.165, 1.54) is 69.5 Å². The molecule has 1 aliphatic carbocycles. The van der Waals surface area contributed by atoms with Crippen LogP contribution in [0, 0.1) is 5.92 Å². The molecule has 2 atom stereocenters. The van der Waals surface area contributed by atoms with Crippen LogP contribution in [0.5, 0.6) is 0 Å². The Morgan fingerprint density at radius 3 is 2.06 bits per heavy atom. The second kappa shape index (κ2) is 10.7. The van der Waals surface area contributed by atoms with Crippen LogP contribution in [0.15, 0.2) is 168 Å². The third-order valence-electron chi connectivity index (χ3n) is 10.5. The number of hydrogen-bond donors (Lipinski definition) is 0. The highest BCUT2D eigenvalue weighted by Gasteiger charge is 2.35. The molecule has 0 saturated carbocycles. The van der Waals surface area contributed by atoms with Crippen molar-refractivity contribution in [3.63, 3.8) is 0 Å². The quantitative estimate of drug-likeness (QED) is 0.177. The van der Waals surface area contributed by atoms with Crippen molar-refractivity contribution in [1.29, 1.82) is 0 Å². The fraction of sp³-hybridized carbons (Fsp3) is 0.0435. The summed E-state index contributed by atoms with van der Waals surface area (Å²) >= 11 is 1.87. The first-order valence-corrected chi connectivity index (χ1v) is 18.0. The lowest BCUT2D eigenvalue weighted by Gasteiger charge is -2.32. The molecule has 234 valence electrons. The maximum atomic E-state index is 5.63. The summed E-state index contributed by atoms with van der Waals surface area (Å²) in [5, 5.41) is 7.58. The molecule has 1 aliphatic heterocycles. The molecule has 0 bridgehead atoms. The van der Waals surface area contributed by atoms with Gasteiger partial charge in [-0.15, -0.1) is 11.3 Å². The Bertz CT molecular complexity index is 2930. The standard InChI is InChI=1S/C46H29N3S/c1-3-13-28(14-4-1)31-24-26-38-37(27-31)40-33-19-9-10-20-34(33)41-35-21-11-12-22-39(35)50-45(41)44(40)49(38)46-47-42(30-16-5-2-6-17-30)36-25-23-29-15-7-8-18-32(29)43(36)48-46/h1-27,36,43H. The molecule has 2 aromatic heterocycles. The number of nitrogens with zero attached hydrogens (tertiary/aromatic N) is 3. The van der Waals surface area contributed by atoms with Crippen molar-refractivity contribution in [2.75, 3.05) is 0 Å². The van der Waals surface area contributed by atoms with Gasteiger partial charge in [-0.1, -0.05) is 146 Å². The zero-order chi connectivity index (χ0) is 32.8. The van der Waals surface area contributed by atoms with E-state index in [4.69, 9.17) is 9.98 Å². The predicted molar refractivity (Wildman–Crippen MR) is 213 cm³/mol. The minimum atomic E-state index is -0.0895. The second-order valence-electron chi connectivity index (χ2n) is 13.3. The summed E-state index contributed by atoms with van der Waals surface area (Å²) in [6, 6.07) is 54.6. The zero-order valence-corrected chi connectivity index (χ0v) is 27.8. The minimum Gasteiger partial charge on any atom is -0.277 e. The Morgan fingerprint density at radius 2 is 1.24 bits per heavy atom. The molecule has 0 radical (unpaired) electrons. The average Bonchev–Trinajstić information content (AvgIpc) is 3.75. The summed E-state index contributed by atoms with van der Waals surface area (Å²) in [6.07, 6.45) is 4.54. The van der Waals surface area contributed by atoms with Gasteiger partial charge in [0.1, 0.15) is 0 Å². The normalized spacial score (nSPS) is 17.0. The molecule has 0 spiro atoms. The van der Waals surface area contributed by atoms with Crippen LogP contribution in [0.25, 0.3) is 70.0 Å². The van der Waals surface area contributed by atoms with Crippen molar-refractivity contribution >= 4 is 81.8 Å². The summed E-state index contributed by atoms with van der Waals surface area (Å²) < 4.78 is 4.93. The molecular weight excluding hydrogens is 627 g/mol. The largest absolute Gasteiger partial charge is 0.277 e. The van der Waals surface area contributed by atoms with Crippen molar-refractivity contribution in [3.8, 4) is 11.1 Å². The average molecular weight is 656 g/mol. The van der Waals surface area contributed by atoms with Gasteiger partial charge < -0.3 is 0 Å². The van der Waals surface area contributed by atoms with Crippen LogP contribution in [0.3, 0.4) is 0 Å². The monoisotopic (exact) mass is 655 g/mol. The van der Waals surface area contributed by atoms with E-state index >= 15 is 0 Å². The summed E-state index contributed by atoms with van der Waals surface area (Å²) in [4.78, 5) is 11.2. The van der Waals surface area contributed by atoms with Crippen LogP contribution in [0.1, 0.15) is 22.7 Å². The number of aliphatic imine (C=N–C) groups is 2. The van der Waals surface area contributed by atoms with Gasteiger partial charge >= 0.3 is 0 Å². The summed E-state index contributed by atoms with van der Waals surface area (Å²) in [5.41, 5.74) is 9.33. The number of rotatable bonds is 2. The van der Waals surface area contributed by atoms with Crippen molar-refractivity contribution in [2.24, 2.45) is 15.9 Å². The third kappa shape index (κ3) is 3.97. The minimum absolute atomic E-state index is 0.0407. The Morgan fingerprint density at radius 1 is 0.560 bits per heavy atom. The van der Waals surface area contributed by atoms with Gasteiger partial charge in [0.05, 0.1) is 27.5 Å². The predicted octanol–water partition coefficient (Wildman–Crippen LogP) is 12.1. The fourth-order valence-electron chi connectivity index (χ4n) is 8.33. The Balaban J connectivity index is 1.32. The Hall–Kier alpha value is -6.10. The van der Waals surface area contributed by atoms with Gasteiger partial charge in [0, 0.05) is 32.2 Å². The van der Waals surface area contributed by atoms with Crippen molar-refractivity contribution in [3.05, 3.63) is 174 Å². The van der Waals surface area contributed by atoms with E-state index < -0.39 is 0 Å². The van der Waals surface area contributed by atoms with E-state index in [0.29, 0.717) is 0 Å². The fourth-order valence-corrected chi connectivity index (χ4v) is 9.59. The van der Waals surface area contributed by atoms with E-state index in [1.54, 1.807) is 0 Å². The molecule has 2 aliphatic rings. The van der Waals surface area contributed by atoms with Gasteiger partial charge in [0.2, 0.25) is 5.96 Å². The van der Waals surface area contributed by atoms with E-state index in [9.17, 15) is 0 Å². The third-order valence-corrected chi connectivity index (χ3v) is 11.7. The van der Waals surface area contributed by atoms with Crippen LogP contribution >= 0.6 is 11.3 Å². The molecule has 50 heavy (non-hydrogen) atoms. The Labute approximate surface area is 292 Å². The molecule has 0 saturated heterocycles. The highest BCUT2D eigenvalue weighted by Crippen LogP contribution is 2.48. The molecule has 7 aromatic carbocycles. The number of hydrogen-bond acceptors (Lipinski definition) is 3. The molecule has 3 nitrogen and oxygen atoms in total. The molecule has 0 fully saturated rings. The van der Waals surface area contributed by atoms with Crippen molar-refractivity contribution in [2.45, 2.75) is 6.04 Å². The second-order valence-corrected chi connectivity index (χ2v) is 14.3. The molecule has 2 unspecified atom stereocenters. The van der Waals surface area contributed by atoms with Gasteiger partial charge in [-0.2, -0.15) is 0 Å². The van der Waals surface area contributed by atoms with Crippen LogP contribution in [-0.4, -0.2) is 16.2 Å². The first kappa shape index (κ1) is 27.8. The van der Waals surface area contributed by atoms with Crippen LogP contribution < -0.4 is 0 Å². The number of aromatic nitrogens is 1. The van der Waals surface area contributed by atoms with Crippen LogP contribution in [-0.2, 0) is 0 Å². The number of thiophene rings is 1. The molecule has 4 heteroatoms. The molecule has 3 heterocycles. The van der Waals surface area contributed by atoms with E-state index in [1.807, 2.05) is 11.3 Å². The SMILES string of the molecule is C1=CC2C(c3ccccc3)=NC(n3c4ccc(-c5ccccc5)cc4c4c5ccccc5c5c6ccccc6sc5c43)=NC2c2ccccc21. The van der Waals surface area contributed by atoms with Gasteiger partial charge in [-0.25, -0.2) is 9.98 Å². The molecule has 9 aromatic rings. The van der Waals surface area contributed by atoms with Crippen LogP contribution in [0.2, 0.25) is 0 Å². The lowest BCUT2D eigenvalue weighted by atomic mass is 9.80. The molecule has 11 rings (SSSR count). The summed E-state index contributed by atoms with van der Waals surface area (Å²) in [6.45, 7) is 0. The smallest absolute Gasteiger partial charge is 0.230 e. The first-order chi connectivity index (χ1) is 24.8. The van der Waals surface area contributed by atoms with E-state index in [2.05, 4.69) is 168 Å². The highest BCUT2D eigenvalue weighted by atomic mass is 32.1. The lowest BCUT2D eigenvalue weighted by molar-refractivity contribution is 0.630. The molecule has 0 amide bonds. The zero-order valence-electron chi connectivity index (χ0n) is 27.0. The van der Waals surface area contributed by atoms with Crippen molar-refractivity contribution in [1.82, 2.24) is 4.57 Å². The van der Waals surface area contributed by atoms with Gasteiger partial charge in [-0.3, -0.25) is 4.57 Å². The Kier molecular flexibility index (Phi) is 5.95. The summed E-state index contributed by atoms with van der Waals surface area (Å²) in [7, 11) is 0. The number of benzene rings is 7. The lowest BCUT2D eigenvalue weighted by Crippen LogP contribution is -2.30. The van der Waals surface area contributed by atoms with Gasteiger partial charge in [-0.05, 0) is 56.8 Å². The highest BCUT2D eigenvalue weighted by molar-refractivity contribution is 7.27. The van der Waals surface area contributed by atoms with Crippen molar-refractivity contribution < 1.29 is 0 Å². The molecule has 0 N–H and O–H groups in total. The number of fused-ring (bicyclic) bond motifs is 13. The van der Waals surface area contributed by atoms with Gasteiger partial charge in [0.15, 0.2) is 0 Å². The topological polar surface area (TPSA) is 29.6 Å². The first-order valence-electron chi connectivity index (χ1n) is 17.2. The van der Waals surface area contributed by atoms with Crippen LogP contribution in [0.4, 0.5) is 0 Å². The molecular formula is C46H29N3S. The summed E-state index contributed by atoms with van der Waals surface area (Å²) in [5.74, 6) is 0.774. The maximum Gasteiger partial charge on any atom is 0.230 e. The van der Waals surface area contributed by atoms with E-state index in [0.717, 1.165) is 22.8 Å².